The number of halogens is 2. The molecule has 3 rings (SSSR count). The molecule has 1 aliphatic rings. The lowest BCUT2D eigenvalue weighted by Crippen LogP contribution is -2.37. The van der Waals surface area contributed by atoms with Gasteiger partial charge in [-0.25, -0.2) is 0 Å². The highest BCUT2D eigenvalue weighted by Crippen LogP contribution is 2.23. The molecule has 0 radical (unpaired) electrons. The van der Waals surface area contributed by atoms with E-state index in [4.69, 9.17) is 10.5 Å². The Morgan fingerprint density at radius 2 is 1.69 bits per heavy atom. The summed E-state index contributed by atoms with van der Waals surface area (Å²) < 4.78 is 5.43. The van der Waals surface area contributed by atoms with Gasteiger partial charge in [0.25, 0.3) is 5.91 Å². The molecule has 0 atom stereocenters. The van der Waals surface area contributed by atoms with Crippen LogP contribution in [-0.2, 0) is 11.3 Å². The summed E-state index contributed by atoms with van der Waals surface area (Å²) in [5.41, 5.74) is 9.28. The number of para-hydroxylation sites is 2. The third-order valence-electron chi connectivity index (χ3n) is 4.29. The van der Waals surface area contributed by atoms with E-state index in [1.54, 1.807) is 17.0 Å². The van der Waals surface area contributed by atoms with Crippen molar-refractivity contribution in [2.45, 2.75) is 6.54 Å². The quantitative estimate of drug-likeness (QED) is 0.804. The average molecular weight is 398 g/mol. The van der Waals surface area contributed by atoms with Gasteiger partial charge >= 0.3 is 0 Å². The molecule has 7 heteroatoms. The Kier molecular flexibility index (Phi) is 8.72. The van der Waals surface area contributed by atoms with E-state index in [-0.39, 0.29) is 30.7 Å². The zero-order valence-corrected chi connectivity index (χ0v) is 16.4. The van der Waals surface area contributed by atoms with Gasteiger partial charge < -0.3 is 20.3 Å². The number of nitrogens with two attached hydrogens (primary N) is 1. The second kappa shape index (κ2) is 10.3. The molecule has 0 bridgehead atoms. The van der Waals surface area contributed by atoms with Gasteiger partial charge in [-0.05, 0) is 23.8 Å². The number of morpholine rings is 1. The van der Waals surface area contributed by atoms with E-state index in [2.05, 4.69) is 17.0 Å². The van der Waals surface area contributed by atoms with Gasteiger partial charge in [0.2, 0.25) is 0 Å². The first kappa shape index (κ1) is 22.1. The lowest BCUT2D eigenvalue weighted by atomic mass is 10.1. The molecule has 0 unspecified atom stereocenters. The van der Waals surface area contributed by atoms with Crippen LogP contribution in [0.3, 0.4) is 0 Å². The minimum absolute atomic E-state index is 0. The fourth-order valence-corrected chi connectivity index (χ4v) is 2.98. The van der Waals surface area contributed by atoms with E-state index >= 15 is 0 Å². The van der Waals surface area contributed by atoms with Gasteiger partial charge in [-0.15, -0.1) is 24.8 Å². The van der Waals surface area contributed by atoms with E-state index in [0.29, 0.717) is 17.8 Å². The van der Waals surface area contributed by atoms with Gasteiger partial charge in [0.1, 0.15) is 0 Å². The first-order valence-corrected chi connectivity index (χ1v) is 8.17. The van der Waals surface area contributed by atoms with Crippen LogP contribution in [0.15, 0.2) is 48.5 Å². The summed E-state index contributed by atoms with van der Waals surface area (Å²) in [4.78, 5) is 16.7. The predicted octanol–water partition coefficient (Wildman–Crippen LogP) is 3.22. The normalized spacial score (nSPS) is 13.3. The Labute approximate surface area is 166 Å². The topological polar surface area (TPSA) is 58.8 Å². The second-order valence-corrected chi connectivity index (χ2v) is 5.98. The van der Waals surface area contributed by atoms with Crippen molar-refractivity contribution in [1.29, 1.82) is 0 Å². The smallest absolute Gasteiger partial charge is 0.255 e. The molecule has 0 spiro atoms. The number of nitrogens with zero attached hydrogens (tertiary/aromatic N) is 2. The molecule has 1 aliphatic heterocycles. The van der Waals surface area contributed by atoms with Gasteiger partial charge in [0.15, 0.2) is 0 Å². The lowest BCUT2D eigenvalue weighted by molar-refractivity contribution is 0.0786. The maximum Gasteiger partial charge on any atom is 0.255 e. The number of nitrogen functional groups attached to an aromatic ring is 1. The van der Waals surface area contributed by atoms with Crippen molar-refractivity contribution in [3.05, 3.63) is 59.7 Å². The average Bonchev–Trinajstić information content (AvgIpc) is 2.63. The molecule has 2 N–H and O–H groups in total. The Morgan fingerprint density at radius 1 is 1.08 bits per heavy atom. The molecule has 142 valence electrons. The molecule has 2 aromatic carbocycles. The SMILES string of the molecule is CN(Cc1ccccc1N1CCOCC1)C(=O)c1ccccc1N.Cl.Cl. The van der Waals surface area contributed by atoms with Crippen LogP contribution in [0, 0.1) is 0 Å². The van der Waals surface area contributed by atoms with Crippen LogP contribution >= 0.6 is 24.8 Å². The number of carbonyl (C=O) groups excluding carboxylic acids is 1. The van der Waals surface area contributed by atoms with Gasteiger partial charge in [-0.3, -0.25) is 4.79 Å². The number of ether oxygens (including phenoxy) is 1. The third-order valence-corrected chi connectivity index (χ3v) is 4.29. The summed E-state index contributed by atoms with van der Waals surface area (Å²) in [6.07, 6.45) is 0. The molecule has 2 aromatic rings. The van der Waals surface area contributed by atoms with Crippen molar-refractivity contribution >= 4 is 42.1 Å². The fourth-order valence-electron chi connectivity index (χ4n) is 2.98. The van der Waals surface area contributed by atoms with Crippen LogP contribution in [0.2, 0.25) is 0 Å². The summed E-state index contributed by atoms with van der Waals surface area (Å²) in [5.74, 6) is -0.0649. The number of hydrogen-bond acceptors (Lipinski definition) is 4. The number of carbonyl (C=O) groups is 1. The van der Waals surface area contributed by atoms with Gasteiger partial charge in [-0.1, -0.05) is 30.3 Å². The van der Waals surface area contributed by atoms with Crippen LogP contribution in [-0.4, -0.2) is 44.2 Å². The van der Waals surface area contributed by atoms with Crippen molar-refractivity contribution in [2.75, 3.05) is 44.0 Å². The van der Waals surface area contributed by atoms with Crippen LogP contribution in [0.4, 0.5) is 11.4 Å². The lowest BCUT2D eigenvalue weighted by Gasteiger charge is -2.31. The molecular weight excluding hydrogens is 373 g/mol. The van der Waals surface area contributed by atoms with Crippen molar-refractivity contribution in [1.82, 2.24) is 4.90 Å². The molecule has 1 heterocycles. The highest BCUT2D eigenvalue weighted by molar-refractivity contribution is 5.98. The molecular formula is C19H25Cl2N3O2. The first-order valence-electron chi connectivity index (χ1n) is 8.17. The van der Waals surface area contributed by atoms with E-state index < -0.39 is 0 Å². The Bertz CT molecular complexity index is 721. The molecule has 1 saturated heterocycles. The maximum atomic E-state index is 12.7. The fraction of sp³-hybridized carbons (Fsp3) is 0.316. The van der Waals surface area contributed by atoms with E-state index in [1.165, 1.54) is 5.69 Å². The summed E-state index contributed by atoms with van der Waals surface area (Å²) in [5, 5.41) is 0. The molecule has 26 heavy (non-hydrogen) atoms. The summed E-state index contributed by atoms with van der Waals surface area (Å²) in [6.45, 7) is 3.77. The number of amides is 1. The van der Waals surface area contributed by atoms with E-state index in [9.17, 15) is 4.79 Å². The first-order chi connectivity index (χ1) is 11.7. The number of anilines is 2. The van der Waals surface area contributed by atoms with Crippen molar-refractivity contribution in [3.8, 4) is 0 Å². The van der Waals surface area contributed by atoms with Gasteiger partial charge in [-0.2, -0.15) is 0 Å². The molecule has 1 fully saturated rings. The van der Waals surface area contributed by atoms with Gasteiger partial charge in [0.05, 0.1) is 18.8 Å². The zero-order chi connectivity index (χ0) is 16.9. The minimum Gasteiger partial charge on any atom is -0.398 e. The maximum absolute atomic E-state index is 12.7. The standard InChI is InChI=1S/C19H23N3O2.2ClH/c1-21(19(23)16-7-3-4-8-17(16)20)14-15-6-2-5-9-18(15)22-10-12-24-13-11-22;;/h2-9H,10-14,20H2,1H3;2*1H. The van der Waals surface area contributed by atoms with Crippen molar-refractivity contribution in [3.63, 3.8) is 0 Å². The van der Waals surface area contributed by atoms with Crippen molar-refractivity contribution < 1.29 is 9.53 Å². The van der Waals surface area contributed by atoms with Crippen LogP contribution < -0.4 is 10.6 Å². The summed E-state index contributed by atoms with van der Waals surface area (Å²) in [6, 6.07) is 15.4. The number of benzene rings is 2. The van der Waals surface area contributed by atoms with E-state index in [0.717, 1.165) is 31.9 Å². The largest absolute Gasteiger partial charge is 0.398 e. The summed E-state index contributed by atoms with van der Waals surface area (Å²) in [7, 11) is 1.81. The van der Waals surface area contributed by atoms with Crippen molar-refractivity contribution in [2.24, 2.45) is 0 Å². The monoisotopic (exact) mass is 397 g/mol. The Morgan fingerprint density at radius 3 is 2.38 bits per heavy atom. The Hall–Kier alpha value is -1.95. The minimum atomic E-state index is -0.0649. The zero-order valence-electron chi connectivity index (χ0n) is 14.8. The highest BCUT2D eigenvalue weighted by atomic mass is 35.5. The van der Waals surface area contributed by atoms with Crippen LogP contribution in [0.1, 0.15) is 15.9 Å². The molecule has 5 nitrogen and oxygen atoms in total. The molecule has 0 aromatic heterocycles. The Balaban J connectivity index is 0.00000169. The second-order valence-electron chi connectivity index (χ2n) is 5.98. The molecule has 0 saturated carbocycles. The molecule has 1 amide bonds. The van der Waals surface area contributed by atoms with Gasteiger partial charge in [0, 0.05) is 38.1 Å². The number of hydrogen-bond donors (Lipinski definition) is 1. The predicted molar refractivity (Wildman–Crippen MR) is 111 cm³/mol. The van der Waals surface area contributed by atoms with E-state index in [1.807, 2.05) is 31.3 Å². The third kappa shape index (κ3) is 5.04. The van der Waals surface area contributed by atoms with Crippen LogP contribution in [0.25, 0.3) is 0 Å². The number of rotatable bonds is 4. The summed E-state index contributed by atoms with van der Waals surface area (Å²) >= 11 is 0. The molecule has 0 aliphatic carbocycles. The highest BCUT2D eigenvalue weighted by Gasteiger charge is 2.18. The van der Waals surface area contributed by atoms with Crippen LogP contribution in [0.5, 0.6) is 0 Å².